The number of thiazole rings is 1. The van der Waals surface area contributed by atoms with Gasteiger partial charge in [-0.3, -0.25) is 9.78 Å². The maximum absolute atomic E-state index is 10.9. The van der Waals surface area contributed by atoms with Crippen molar-refractivity contribution in [2.75, 3.05) is 0 Å². The summed E-state index contributed by atoms with van der Waals surface area (Å²) in [5, 5.41) is 10.0. The van der Waals surface area contributed by atoms with Crippen LogP contribution < -0.4 is 4.87 Å². The Morgan fingerprint density at radius 1 is 1.33 bits per heavy atom. The Bertz CT molecular complexity index is 518. The van der Waals surface area contributed by atoms with Crippen LogP contribution in [0.4, 0.5) is 0 Å². The molecule has 0 spiro atoms. The van der Waals surface area contributed by atoms with E-state index < -0.39 is 0 Å². The summed E-state index contributed by atoms with van der Waals surface area (Å²) in [6.07, 6.45) is 0. The van der Waals surface area contributed by atoms with Crippen molar-refractivity contribution in [2.45, 2.75) is 9.10 Å². The van der Waals surface area contributed by atoms with Crippen LogP contribution in [0.3, 0.4) is 0 Å². The predicted octanol–water partition coefficient (Wildman–Crippen LogP) is 2.95. The molecule has 0 fully saturated rings. The van der Waals surface area contributed by atoms with E-state index in [1.807, 2.05) is 12.1 Å². The first-order chi connectivity index (χ1) is 7.15. The zero-order chi connectivity index (χ0) is 10.8. The molecule has 0 aliphatic rings. The second-order valence-electron chi connectivity index (χ2n) is 2.71. The van der Waals surface area contributed by atoms with Gasteiger partial charge in [-0.05, 0) is 24.3 Å². The van der Waals surface area contributed by atoms with Gasteiger partial charge >= 0.3 is 4.87 Å². The van der Waals surface area contributed by atoms with Crippen LogP contribution in [0, 0.1) is 0 Å². The van der Waals surface area contributed by atoms with E-state index in [0.717, 1.165) is 16.2 Å². The van der Waals surface area contributed by atoms with E-state index in [9.17, 15) is 9.90 Å². The third-order valence-corrected chi connectivity index (χ3v) is 3.93. The lowest BCUT2D eigenvalue weighted by atomic mass is 10.4. The highest BCUT2D eigenvalue weighted by atomic mass is 35.5. The molecule has 0 amide bonds. The number of hydrogen-bond acceptors (Lipinski definition) is 4. The van der Waals surface area contributed by atoms with Crippen LogP contribution in [-0.2, 0) is 0 Å². The second-order valence-corrected chi connectivity index (χ2v) is 5.47. The van der Waals surface area contributed by atoms with Gasteiger partial charge < -0.3 is 5.11 Å². The van der Waals surface area contributed by atoms with Crippen molar-refractivity contribution in [2.24, 2.45) is 0 Å². The fraction of sp³-hybridized carbons (Fsp3) is 0. The Morgan fingerprint density at radius 2 is 2.00 bits per heavy atom. The number of rotatable bonds is 2. The molecule has 2 rings (SSSR count). The first-order valence-electron chi connectivity index (χ1n) is 4.00. The molecule has 0 atom stereocenters. The number of aromatic nitrogens is 1. The normalized spacial score (nSPS) is 10.5. The van der Waals surface area contributed by atoms with E-state index >= 15 is 0 Å². The highest BCUT2D eigenvalue weighted by Gasteiger charge is 2.07. The Kier molecular flexibility index (Phi) is 3.04. The van der Waals surface area contributed by atoms with Crippen molar-refractivity contribution in [1.29, 1.82) is 0 Å². The van der Waals surface area contributed by atoms with Gasteiger partial charge in [-0.15, -0.1) is 0 Å². The Balaban J connectivity index is 2.25. The second kappa shape index (κ2) is 4.30. The molecule has 1 heterocycles. The van der Waals surface area contributed by atoms with Gasteiger partial charge in [0.2, 0.25) is 5.88 Å². The molecule has 0 saturated carbocycles. The number of nitrogens with one attached hydrogen (secondary N) is 1. The van der Waals surface area contributed by atoms with E-state index in [1.54, 1.807) is 12.1 Å². The molecule has 78 valence electrons. The molecule has 2 aromatic rings. The van der Waals surface area contributed by atoms with Crippen molar-refractivity contribution in [3.05, 3.63) is 39.0 Å². The van der Waals surface area contributed by atoms with Gasteiger partial charge in [0.25, 0.3) is 0 Å². The van der Waals surface area contributed by atoms with E-state index in [2.05, 4.69) is 4.98 Å². The molecular weight excluding hydrogens is 254 g/mol. The van der Waals surface area contributed by atoms with E-state index in [4.69, 9.17) is 11.6 Å². The predicted molar refractivity (Wildman–Crippen MR) is 62.2 cm³/mol. The zero-order valence-corrected chi connectivity index (χ0v) is 9.75. The molecule has 0 radical (unpaired) electrons. The molecule has 0 saturated heterocycles. The van der Waals surface area contributed by atoms with Crippen LogP contribution in [0.1, 0.15) is 0 Å². The summed E-state index contributed by atoms with van der Waals surface area (Å²) < 4.78 is 0.558. The van der Waals surface area contributed by atoms with Crippen LogP contribution in [0.5, 0.6) is 5.88 Å². The fourth-order valence-corrected chi connectivity index (χ4v) is 2.89. The lowest BCUT2D eigenvalue weighted by Crippen LogP contribution is -1.89. The number of hydrogen-bond donors (Lipinski definition) is 2. The van der Waals surface area contributed by atoms with Gasteiger partial charge in [0.1, 0.15) is 4.21 Å². The monoisotopic (exact) mass is 259 g/mol. The van der Waals surface area contributed by atoms with Crippen LogP contribution in [0.25, 0.3) is 0 Å². The van der Waals surface area contributed by atoms with Crippen molar-refractivity contribution in [3.8, 4) is 5.88 Å². The Morgan fingerprint density at radius 3 is 2.53 bits per heavy atom. The van der Waals surface area contributed by atoms with Gasteiger partial charge in [0.05, 0.1) is 0 Å². The van der Waals surface area contributed by atoms with Crippen LogP contribution in [-0.4, -0.2) is 10.1 Å². The minimum absolute atomic E-state index is 0.0788. The molecule has 0 unspecified atom stereocenters. The standard InChI is InChI=1S/C9H6ClNO2S2/c10-5-1-3-6(4-2-5)14-8-7(12)11-9(13)15-8/h1-4,12H,(H,11,13). The number of H-pyrrole nitrogens is 1. The average molecular weight is 260 g/mol. The van der Waals surface area contributed by atoms with E-state index in [-0.39, 0.29) is 10.8 Å². The van der Waals surface area contributed by atoms with E-state index in [0.29, 0.717) is 9.23 Å². The molecular formula is C9H6ClNO2S2. The molecule has 0 aliphatic heterocycles. The van der Waals surface area contributed by atoms with Gasteiger partial charge in [-0.1, -0.05) is 34.7 Å². The quantitative estimate of drug-likeness (QED) is 0.872. The highest BCUT2D eigenvalue weighted by Crippen LogP contribution is 2.35. The number of aromatic hydroxyl groups is 1. The third-order valence-electron chi connectivity index (χ3n) is 1.62. The van der Waals surface area contributed by atoms with Gasteiger partial charge in [0, 0.05) is 9.92 Å². The maximum atomic E-state index is 10.9. The summed E-state index contributed by atoms with van der Waals surface area (Å²) in [5.74, 6) is -0.0788. The SMILES string of the molecule is O=c1[nH]c(O)c(Sc2ccc(Cl)cc2)s1. The molecule has 1 aromatic heterocycles. The Labute approximate surface area is 98.7 Å². The van der Waals surface area contributed by atoms with Gasteiger partial charge in [0.15, 0.2) is 0 Å². The summed E-state index contributed by atoms with van der Waals surface area (Å²) in [6, 6.07) is 7.18. The van der Waals surface area contributed by atoms with Gasteiger partial charge in [-0.2, -0.15) is 0 Å². The van der Waals surface area contributed by atoms with Crippen LogP contribution >= 0.6 is 34.7 Å². The fourth-order valence-electron chi connectivity index (χ4n) is 0.985. The topological polar surface area (TPSA) is 53.1 Å². The molecule has 3 nitrogen and oxygen atoms in total. The third kappa shape index (κ3) is 2.56. The van der Waals surface area contributed by atoms with Crippen molar-refractivity contribution in [3.63, 3.8) is 0 Å². The number of benzene rings is 1. The highest BCUT2D eigenvalue weighted by molar-refractivity contribution is 8.01. The maximum Gasteiger partial charge on any atom is 0.308 e. The molecule has 2 N–H and O–H groups in total. The van der Waals surface area contributed by atoms with Crippen LogP contribution in [0.15, 0.2) is 38.2 Å². The smallest absolute Gasteiger partial charge is 0.308 e. The first-order valence-corrected chi connectivity index (χ1v) is 6.02. The van der Waals surface area contributed by atoms with E-state index in [1.165, 1.54) is 11.8 Å². The number of aromatic amines is 1. The minimum atomic E-state index is -0.260. The molecule has 15 heavy (non-hydrogen) atoms. The van der Waals surface area contributed by atoms with Gasteiger partial charge in [-0.25, -0.2) is 0 Å². The summed E-state index contributed by atoms with van der Waals surface area (Å²) in [7, 11) is 0. The lowest BCUT2D eigenvalue weighted by Gasteiger charge is -1.98. The summed E-state index contributed by atoms with van der Waals surface area (Å²) >= 11 is 8.04. The molecule has 1 aromatic carbocycles. The van der Waals surface area contributed by atoms with Crippen molar-refractivity contribution < 1.29 is 5.11 Å². The summed E-state index contributed by atoms with van der Waals surface area (Å²) in [4.78, 5) is 13.9. The molecule has 0 bridgehead atoms. The zero-order valence-electron chi connectivity index (χ0n) is 7.36. The lowest BCUT2D eigenvalue weighted by molar-refractivity contribution is 0.445. The Hall–Kier alpha value is -0.910. The largest absolute Gasteiger partial charge is 0.493 e. The van der Waals surface area contributed by atoms with Crippen molar-refractivity contribution in [1.82, 2.24) is 4.98 Å². The summed E-state index contributed by atoms with van der Waals surface area (Å²) in [6.45, 7) is 0. The van der Waals surface area contributed by atoms with Crippen LogP contribution in [0.2, 0.25) is 5.02 Å². The average Bonchev–Trinajstić information content (AvgIpc) is 2.49. The molecule has 0 aliphatic carbocycles. The minimum Gasteiger partial charge on any atom is -0.493 e. The summed E-state index contributed by atoms with van der Waals surface area (Å²) in [5.41, 5.74) is 0. The first kappa shape index (κ1) is 10.6. The van der Waals surface area contributed by atoms with Crippen molar-refractivity contribution >= 4 is 34.7 Å². The number of halogens is 1. The molecule has 6 heteroatoms.